The van der Waals surface area contributed by atoms with Crippen molar-refractivity contribution in [2.24, 2.45) is 0 Å². The quantitative estimate of drug-likeness (QED) is 0.706. The highest BCUT2D eigenvalue weighted by Gasteiger charge is 2.43. The number of halogens is 2. The summed E-state index contributed by atoms with van der Waals surface area (Å²) in [7, 11) is -2.77. The van der Waals surface area contributed by atoms with Gasteiger partial charge in [0, 0.05) is 10.0 Å². The molecule has 2 amide bonds. The maximum Gasteiger partial charge on any atom is 0.268 e. The molecular formula is C19H16BrFN2O5S. The Morgan fingerprint density at radius 1 is 1.21 bits per heavy atom. The summed E-state index contributed by atoms with van der Waals surface area (Å²) in [6.07, 6.45) is 0. The van der Waals surface area contributed by atoms with Crippen LogP contribution in [0.5, 0.6) is 5.75 Å². The predicted octanol–water partition coefficient (Wildman–Crippen LogP) is 3.14. The molecule has 1 heterocycles. The average molecular weight is 483 g/mol. The summed E-state index contributed by atoms with van der Waals surface area (Å²) >= 11 is 3.10. The fraction of sp³-hybridized carbons (Fsp3) is 0.158. The molecule has 2 aromatic carbocycles. The van der Waals surface area contributed by atoms with E-state index in [1.165, 1.54) is 38.3 Å². The first-order valence-electron chi connectivity index (χ1n) is 8.32. The third kappa shape index (κ3) is 4.03. The van der Waals surface area contributed by atoms with E-state index in [-0.39, 0.29) is 16.2 Å². The van der Waals surface area contributed by atoms with Gasteiger partial charge in [-0.1, -0.05) is 15.9 Å². The molecule has 0 saturated heterocycles. The first kappa shape index (κ1) is 21.0. The Morgan fingerprint density at radius 2 is 1.86 bits per heavy atom. The third-order valence-electron chi connectivity index (χ3n) is 4.28. The maximum absolute atomic E-state index is 13.9. The Kier molecular flexibility index (Phi) is 5.76. The number of anilines is 1. The van der Waals surface area contributed by atoms with E-state index in [2.05, 4.69) is 21.2 Å². The number of sulfonamides is 1. The number of nitrogens with zero attached hydrogens (tertiary/aromatic N) is 1. The Balaban J connectivity index is 1.84. The topological polar surface area (TPSA) is 92.8 Å². The number of amides is 2. The largest absolute Gasteiger partial charge is 0.497 e. The van der Waals surface area contributed by atoms with Gasteiger partial charge in [0.25, 0.3) is 15.9 Å². The number of rotatable bonds is 5. The molecule has 0 unspecified atom stereocenters. The van der Waals surface area contributed by atoms with Crippen molar-refractivity contribution in [1.29, 1.82) is 0 Å². The first-order valence-corrected chi connectivity index (χ1v) is 10.6. The summed E-state index contributed by atoms with van der Waals surface area (Å²) in [6.45, 7) is 0.611. The second-order valence-corrected chi connectivity index (χ2v) is 8.89. The monoisotopic (exact) mass is 482 g/mol. The maximum atomic E-state index is 13.9. The third-order valence-corrected chi connectivity index (χ3v) is 6.71. The van der Waals surface area contributed by atoms with E-state index in [1.807, 2.05) is 0 Å². The van der Waals surface area contributed by atoms with Crippen LogP contribution in [0.1, 0.15) is 12.5 Å². The zero-order chi connectivity index (χ0) is 21.3. The summed E-state index contributed by atoms with van der Waals surface area (Å²) in [4.78, 5) is 24.6. The summed E-state index contributed by atoms with van der Waals surface area (Å²) in [5.74, 6) is -1.81. The van der Waals surface area contributed by atoms with Gasteiger partial charge in [-0.2, -0.15) is 0 Å². The van der Waals surface area contributed by atoms with E-state index in [0.29, 0.717) is 20.1 Å². The van der Waals surface area contributed by atoms with Crippen molar-refractivity contribution in [2.75, 3.05) is 19.0 Å². The van der Waals surface area contributed by atoms with Crippen molar-refractivity contribution in [3.05, 3.63) is 63.9 Å². The molecule has 10 heteroatoms. The zero-order valence-corrected chi connectivity index (χ0v) is 17.8. The minimum absolute atomic E-state index is 0.00205. The van der Waals surface area contributed by atoms with Crippen LogP contribution < -0.4 is 10.1 Å². The van der Waals surface area contributed by atoms with Crippen LogP contribution in [0.3, 0.4) is 0 Å². The smallest absolute Gasteiger partial charge is 0.268 e. The summed E-state index contributed by atoms with van der Waals surface area (Å²) in [5, 5.41) is 2.28. The van der Waals surface area contributed by atoms with Crippen molar-refractivity contribution in [3.63, 3.8) is 0 Å². The van der Waals surface area contributed by atoms with Crippen molar-refractivity contribution < 1.29 is 27.1 Å². The lowest BCUT2D eigenvalue weighted by molar-refractivity contribution is -0.126. The van der Waals surface area contributed by atoms with E-state index in [0.717, 1.165) is 6.07 Å². The van der Waals surface area contributed by atoms with Crippen LogP contribution in [0.15, 0.2) is 52.5 Å². The van der Waals surface area contributed by atoms with Gasteiger partial charge in [-0.15, -0.1) is 0 Å². The summed E-state index contributed by atoms with van der Waals surface area (Å²) in [5.41, 5.74) is 0.179. The number of hydrogen-bond donors (Lipinski definition) is 1. The Labute approximate surface area is 175 Å². The number of carbonyl (C=O) groups is 2. The van der Waals surface area contributed by atoms with Gasteiger partial charge >= 0.3 is 0 Å². The number of hydrogen-bond acceptors (Lipinski definition) is 5. The molecule has 0 bridgehead atoms. The van der Waals surface area contributed by atoms with Crippen molar-refractivity contribution in [3.8, 4) is 5.75 Å². The molecule has 0 aromatic heterocycles. The van der Waals surface area contributed by atoms with Gasteiger partial charge in [-0.3, -0.25) is 9.59 Å². The summed E-state index contributed by atoms with van der Waals surface area (Å²) in [6, 6.07) is 10.2. The highest BCUT2D eigenvalue weighted by atomic mass is 79.9. The van der Waals surface area contributed by atoms with Gasteiger partial charge in [0.2, 0.25) is 5.91 Å². The highest BCUT2D eigenvalue weighted by molar-refractivity contribution is 9.10. The number of methoxy groups -OCH3 is 1. The van der Waals surface area contributed by atoms with E-state index >= 15 is 0 Å². The van der Waals surface area contributed by atoms with Crippen LogP contribution in [0.4, 0.5) is 10.1 Å². The van der Waals surface area contributed by atoms with E-state index in [4.69, 9.17) is 4.74 Å². The van der Waals surface area contributed by atoms with Crippen LogP contribution in [-0.2, 0) is 19.6 Å². The van der Waals surface area contributed by atoms with Gasteiger partial charge in [0.1, 0.15) is 23.0 Å². The molecule has 7 nitrogen and oxygen atoms in total. The average Bonchev–Trinajstić information content (AvgIpc) is 2.83. The van der Waals surface area contributed by atoms with E-state index in [9.17, 15) is 22.4 Å². The van der Waals surface area contributed by atoms with Crippen molar-refractivity contribution in [2.45, 2.75) is 6.92 Å². The van der Waals surface area contributed by atoms with Gasteiger partial charge < -0.3 is 10.1 Å². The molecule has 0 atom stereocenters. The Bertz CT molecular complexity index is 1130. The zero-order valence-electron chi connectivity index (χ0n) is 15.4. The molecule has 152 valence electrons. The molecule has 1 aliphatic rings. The number of benzene rings is 2. The second kappa shape index (κ2) is 7.96. The van der Waals surface area contributed by atoms with Gasteiger partial charge in [-0.25, -0.2) is 17.1 Å². The number of ether oxygens (including phenoxy) is 1. The van der Waals surface area contributed by atoms with Gasteiger partial charge in [-0.05, 0) is 55.0 Å². The normalized spacial score (nSPS) is 15.6. The lowest BCUT2D eigenvalue weighted by atomic mass is 10.1. The first-order chi connectivity index (χ1) is 13.6. The molecule has 1 N–H and O–H groups in total. The van der Waals surface area contributed by atoms with Crippen LogP contribution in [0, 0.1) is 5.82 Å². The Morgan fingerprint density at radius 3 is 2.45 bits per heavy atom. The predicted molar refractivity (Wildman–Crippen MR) is 109 cm³/mol. The minimum atomic E-state index is -4.24. The molecule has 0 fully saturated rings. The van der Waals surface area contributed by atoms with Crippen molar-refractivity contribution >= 4 is 48.4 Å². The molecule has 1 aliphatic heterocycles. The van der Waals surface area contributed by atoms with Gasteiger partial charge in [0.15, 0.2) is 0 Å². The van der Waals surface area contributed by atoms with E-state index in [1.54, 1.807) is 12.1 Å². The van der Waals surface area contributed by atoms with Crippen LogP contribution in [-0.4, -0.2) is 38.2 Å². The molecule has 0 spiro atoms. The molecule has 0 radical (unpaired) electrons. The summed E-state index contributed by atoms with van der Waals surface area (Å²) < 4.78 is 45.8. The molecule has 0 aliphatic carbocycles. The van der Waals surface area contributed by atoms with Crippen LogP contribution >= 0.6 is 15.9 Å². The minimum Gasteiger partial charge on any atom is -0.497 e. The molecule has 2 aromatic rings. The standard InChI is InChI=1S/C19H16BrFN2O5S/c1-11-18(12-3-6-14(28-2)7-4-12)29(26,27)23(19(11)25)10-17(24)22-16-8-5-13(20)9-15(16)21/h3-9H,10H2,1-2H3,(H,22,24). The highest BCUT2D eigenvalue weighted by Crippen LogP contribution is 2.36. The van der Waals surface area contributed by atoms with Gasteiger partial charge in [0.05, 0.1) is 12.8 Å². The molecule has 3 rings (SSSR count). The van der Waals surface area contributed by atoms with Crippen LogP contribution in [0.25, 0.3) is 4.91 Å². The van der Waals surface area contributed by atoms with Crippen molar-refractivity contribution in [1.82, 2.24) is 4.31 Å². The van der Waals surface area contributed by atoms with Crippen LogP contribution in [0.2, 0.25) is 0 Å². The fourth-order valence-corrected chi connectivity index (χ4v) is 4.98. The fourth-order valence-electron chi connectivity index (χ4n) is 2.87. The molecular weight excluding hydrogens is 467 g/mol. The lowest BCUT2D eigenvalue weighted by Crippen LogP contribution is -2.38. The molecule has 29 heavy (non-hydrogen) atoms. The molecule has 0 saturated carbocycles. The number of carbonyl (C=O) groups excluding carboxylic acids is 2. The number of nitrogens with one attached hydrogen (secondary N) is 1. The SMILES string of the molecule is COc1ccc(C2=C(C)C(=O)N(CC(=O)Nc3ccc(Br)cc3F)S2(=O)=O)cc1. The lowest BCUT2D eigenvalue weighted by Gasteiger charge is -2.16. The second-order valence-electron chi connectivity index (χ2n) is 6.17. The Hall–Kier alpha value is -2.72. The van der Waals surface area contributed by atoms with E-state index < -0.39 is 34.2 Å².